The molecule has 0 bridgehead atoms. The van der Waals surface area contributed by atoms with Crippen molar-refractivity contribution in [1.82, 2.24) is 10.6 Å². The van der Waals surface area contributed by atoms with Crippen LogP contribution in [-0.4, -0.2) is 11.1 Å². The van der Waals surface area contributed by atoms with E-state index in [4.69, 9.17) is 32.6 Å². The van der Waals surface area contributed by atoms with E-state index in [9.17, 15) is 4.79 Å². The maximum Gasteiger partial charge on any atom is 0.280 e. The molecule has 1 aromatic heterocycles. The number of amides is 1. The van der Waals surface area contributed by atoms with Crippen molar-refractivity contribution < 1.29 is 14.2 Å². The number of carbonyl (C=O) groups is 1. The summed E-state index contributed by atoms with van der Waals surface area (Å²) in [5.41, 5.74) is 4.27. The molecule has 2 aromatic carbocycles. The third-order valence-electron chi connectivity index (χ3n) is 3.54. The van der Waals surface area contributed by atoms with Crippen molar-refractivity contribution in [3.8, 4) is 11.3 Å². The lowest BCUT2D eigenvalue weighted by Crippen LogP contribution is -2.24. The molecule has 0 saturated heterocycles. The third kappa shape index (κ3) is 3.85. The molecule has 0 radical (unpaired) electrons. The Bertz CT molecular complexity index is 874. The zero-order valence-electron chi connectivity index (χ0n) is 13.3. The standard InChI is InChI=1S/C18H14Cl2N2O3/c1-11-15(18(23)22-24-10-12-6-3-2-4-7-12)17(21-25-11)16-13(19)8-5-9-14(16)20/h2-9H,10H2,1H3,(H,22,23). The van der Waals surface area contributed by atoms with Gasteiger partial charge in [-0.3, -0.25) is 9.63 Å². The Balaban J connectivity index is 1.81. The smallest absolute Gasteiger partial charge is 0.280 e. The molecule has 0 aliphatic carbocycles. The molecule has 25 heavy (non-hydrogen) atoms. The maximum absolute atomic E-state index is 12.5. The number of nitrogens with zero attached hydrogens (tertiary/aromatic N) is 1. The molecule has 3 rings (SSSR count). The number of halogens is 2. The second kappa shape index (κ2) is 7.70. The van der Waals surface area contributed by atoms with Gasteiger partial charge in [-0.2, -0.15) is 0 Å². The van der Waals surface area contributed by atoms with Gasteiger partial charge in [0, 0.05) is 5.56 Å². The second-order valence-corrected chi connectivity index (χ2v) is 6.08. The Labute approximate surface area is 154 Å². The number of aromatic nitrogens is 1. The SMILES string of the molecule is Cc1onc(-c2c(Cl)cccc2Cl)c1C(=O)NOCc1ccccc1. The number of carbonyl (C=O) groups excluding carboxylic acids is 1. The van der Waals surface area contributed by atoms with Crippen LogP contribution >= 0.6 is 23.2 Å². The molecule has 0 saturated carbocycles. The minimum absolute atomic E-state index is 0.225. The Morgan fingerprint density at radius 1 is 1.12 bits per heavy atom. The fourth-order valence-corrected chi connectivity index (χ4v) is 2.92. The fourth-order valence-electron chi connectivity index (χ4n) is 2.34. The van der Waals surface area contributed by atoms with Crippen LogP contribution in [0.4, 0.5) is 0 Å². The lowest BCUT2D eigenvalue weighted by molar-refractivity contribution is 0.0233. The van der Waals surface area contributed by atoms with Crippen LogP contribution in [0.3, 0.4) is 0 Å². The first-order chi connectivity index (χ1) is 12.1. The van der Waals surface area contributed by atoms with Gasteiger partial charge in [-0.15, -0.1) is 0 Å². The predicted octanol–water partition coefficient (Wildman–Crippen LogP) is 4.82. The molecule has 3 aromatic rings. The normalized spacial score (nSPS) is 10.7. The monoisotopic (exact) mass is 376 g/mol. The minimum Gasteiger partial charge on any atom is -0.360 e. The molecule has 1 heterocycles. The number of hydrogen-bond donors (Lipinski definition) is 1. The lowest BCUT2D eigenvalue weighted by atomic mass is 10.1. The molecule has 0 spiro atoms. The van der Waals surface area contributed by atoms with Crippen molar-refractivity contribution in [3.05, 3.63) is 75.5 Å². The van der Waals surface area contributed by atoms with E-state index in [1.165, 1.54) is 0 Å². The van der Waals surface area contributed by atoms with Gasteiger partial charge in [0.1, 0.15) is 17.0 Å². The van der Waals surface area contributed by atoms with Crippen LogP contribution < -0.4 is 5.48 Å². The number of aryl methyl sites for hydroxylation is 1. The summed E-state index contributed by atoms with van der Waals surface area (Å²) in [4.78, 5) is 17.8. The molecule has 128 valence electrons. The van der Waals surface area contributed by atoms with Gasteiger partial charge in [0.05, 0.1) is 16.7 Å². The summed E-state index contributed by atoms with van der Waals surface area (Å²) in [6.45, 7) is 1.87. The van der Waals surface area contributed by atoms with Gasteiger partial charge in [-0.1, -0.05) is 64.8 Å². The van der Waals surface area contributed by atoms with Gasteiger partial charge in [0.2, 0.25) is 0 Å². The first-order valence-electron chi connectivity index (χ1n) is 7.44. The molecule has 0 unspecified atom stereocenters. The third-order valence-corrected chi connectivity index (χ3v) is 4.17. The van der Waals surface area contributed by atoms with E-state index in [0.29, 0.717) is 21.4 Å². The van der Waals surface area contributed by atoms with Crippen LogP contribution in [0.25, 0.3) is 11.3 Å². The quantitative estimate of drug-likeness (QED) is 0.648. The van der Waals surface area contributed by atoms with E-state index in [-0.39, 0.29) is 17.9 Å². The van der Waals surface area contributed by atoms with Crippen molar-refractivity contribution in [1.29, 1.82) is 0 Å². The highest BCUT2D eigenvalue weighted by atomic mass is 35.5. The highest BCUT2D eigenvalue weighted by Gasteiger charge is 2.25. The van der Waals surface area contributed by atoms with Crippen LogP contribution in [0.5, 0.6) is 0 Å². The first kappa shape index (κ1) is 17.5. The zero-order chi connectivity index (χ0) is 17.8. The van der Waals surface area contributed by atoms with E-state index in [0.717, 1.165) is 5.56 Å². The van der Waals surface area contributed by atoms with E-state index in [1.807, 2.05) is 30.3 Å². The number of hydroxylamine groups is 1. The zero-order valence-corrected chi connectivity index (χ0v) is 14.8. The van der Waals surface area contributed by atoms with Gasteiger partial charge in [0.15, 0.2) is 0 Å². The highest BCUT2D eigenvalue weighted by Crippen LogP contribution is 2.36. The molecule has 1 amide bonds. The summed E-state index contributed by atoms with van der Waals surface area (Å²) in [6, 6.07) is 14.5. The predicted molar refractivity (Wildman–Crippen MR) is 95.4 cm³/mol. The summed E-state index contributed by atoms with van der Waals surface area (Å²) >= 11 is 12.4. The van der Waals surface area contributed by atoms with Crippen LogP contribution in [0.1, 0.15) is 21.7 Å². The Morgan fingerprint density at radius 2 is 1.80 bits per heavy atom. The van der Waals surface area contributed by atoms with E-state index < -0.39 is 5.91 Å². The molecular formula is C18H14Cl2N2O3. The molecule has 7 heteroatoms. The summed E-state index contributed by atoms with van der Waals surface area (Å²) in [5.74, 6) is -0.146. The topological polar surface area (TPSA) is 64.4 Å². The first-order valence-corrected chi connectivity index (χ1v) is 8.20. The fraction of sp³-hybridized carbons (Fsp3) is 0.111. The lowest BCUT2D eigenvalue weighted by Gasteiger charge is -2.08. The molecule has 0 atom stereocenters. The average molecular weight is 377 g/mol. The van der Waals surface area contributed by atoms with Crippen LogP contribution in [0.2, 0.25) is 10.0 Å². The Morgan fingerprint density at radius 3 is 2.48 bits per heavy atom. The van der Waals surface area contributed by atoms with E-state index >= 15 is 0 Å². The molecular weight excluding hydrogens is 363 g/mol. The summed E-state index contributed by atoms with van der Waals surface area (Å²) in [7, 11) is 0. The Kier molecular flexibility index (Phi) is 5.38. The van der Waals surface area contributed by atoms with Crippen molar-refractivity contribution in [2.75, 3.05) is 0 Å². The molecule has 0 aliphatic heterocycles. The highest BCUT2D eigenvalue weighted by molar-refractivity contribution is 6.39. The van der Waals surface area contributed by atoms with Crippen molar-refractivity contribution in [2.45, 2.75) is 13.5 Å². The van der Waals surface area contributed by atoms with Crippen molar-refractivity contribution in [2.24, 2.45) is 0 Å². The van der Waals surface area contributed by atoms with E-state index in [2.05, 4.69) is 10.6 Å². The molecule has 1 N–H and O–H groups in total. The van der Waals surface area contributed by atoms with Crippen molar-refractivity contribution in [3.63, 3.8) is 0 Å². The van der Waals surface area contributed by atoms with Crippen molar-refractivity contribution >= 4 is 29.1 Å². The summed E-state index contributed by atoms with van der Waals surface area (Å²) < 4.78 is 5.16. The van der Waals surface area contributed by atoms with E-state index in [1.54, 1.807) is 25.1 Å². The van der Waals surface area contributed by atoms with Gasteiger partial charge in [-0.05, 0) is 24.6 Å². The van der Waals surface area contributed by atoms with Gasteiger partial charge < -0.3 is 4.52 Å². The summed E-state index contributed by atoms with van der Waals surface area (Å²) in [5, 5.41) is 4.68. The Hall–Kier alpha value is -2.34. The number of nitrogens with one attached hydrogen (secondary N) is 1. The molecule has 5 nitrogen and oxygen atoms in total. The number of rotatable bonds is 5. The van der Waals surface area contributed by atoms with Crippen LogP contribution in [-0.2, 0) is 11.4 Å². The molecule has 0 fully saturated rings. The number of benzene rings is 2. The van der Waals surface area contributed by atoms with Crippen LogP contribution in [0.15, 0.2) is 53.1 Å². The minimum atomic E-state index is -0.485. The van der Waals surface area contributed by atoms with Gasteiger partial charge >= 0.3 is 0 Å². The number of hydrogen-bond acceptors (Lipinski definition) is 4. The largest absolute Gasteiger partial charge is 0.360 e. The summed E-state index contributed by atoms with van der Waals surface area (Å²) in [6.07, 6.45) is 0. The average Bonchev–Trinajstić information content (AvgIpc) is 2.97. The molecule has 0 aliphatic rings. The van der Waals surface area contributed by atoms with Crippen LogP contribution in [0, 0.1) is 6.92 Å². The maximum atomic E-state index is 12.5. The van der Waals surface area contributed by atoms with Gasteiger partial charge in [-0.25, -0.2) is 5.48 Å². The van der Waals surface area contributed by atoms with Gasteiger partial charge in [0.25, 0.3) is 5.91 Å². The second-order valence-electron chi connectivity index (χ2n) is 5.26.